The molecule has 6 heteroatoms. The topological polar surface area (TPSA) is 64.0 Å². The summed E-state index contributed by atoms with van der Waals surface area (Å²) in [6.07, 6.45) is 0. The summed E-state index contributed by atoms with van der Waals surface area (Å²) in [6, 6.07) is 21.1. The predicted molar refractivity (Wildman–Crippen MR) is 121 cm³/mol. The fraction of sp³-hybridized carbons (Fsp3) is 0.125. The van der Waals surface area contributed by atoms with E-state index in [0.29, 0.717) is 16.5 Å². The van der Waals surface area contributed by atoms with Crippen molar-refractivity contribution in [3.63, 3.8) is 0 Å². The lowest BCUT2D eigenvalue weighted by atomic mass is 10.1. The minimum atomic E-state index is -0.351. The summed E-state index contributed by atoms with van der Waals surface area (Å²) in [4.78, 5) is 27.4. The van der Waals surface area contributed by atoms with Crippen LogP contribution in [0.2, 0.25) is 0 Å². The molecule has 30 heavy (non-hydrogen) atoms. The van der Waals surface area contributed by atoms with Gasteiger partial charge in [0.1, 0.15) is 0 Å². The highest BCUT2D eigenvalue weighted by molar-refractivity contribution is 7.99. The maximum atomic E-state index is 12.8. The van der Waals surface area contributed by atoms with E-state index in [0.717, 1.165) is 4.90 Å². The molecule has 0 atom stereocenters. The molecular formula is C24H21N3O2S. The Hall–Kier alpha value is -3.38. The first-order valence-corrected chi connectivity index (χ1v) is 10.4. The van der Waals surface area contributed by atoms with Crippen LogP contribution < -0.4 is 10.9 Å². The molecule has 5 nitrogen and oxygen atoms in total. The maximum absolute atomic E-state index is 12.8. The number of amides is 1. The molecule has 1 amide bonds. The molecule has 3 aromatic carbocycles. The SMILES string of the molecule is Cc1ccc(Sc2ccc(NC(=O)c3nn(C)c(=O)c4ccccc34)cc2)cc1C. The number of hydrogen-bond acceptors (Lipinski definition) is 4. The molecule has 4 rings (SSSR count). The Bertz CT molecular complexity index is 1310. The number of nitrogens with one attached hydrogen (secondary N) is 1. The quantitative estimate of drug-likeness (QED) is 0.512. The normalized spacial score (nSPS) is 10.9. The third-order valence-corrected chi connectivity index (χ3v) is 6.00. The first-order chi connectivity index (χ1) is 14.4. The highest BCUT2D eigenvalue weighted by Gasteiger charge is 2.15. The number of aryl methyl sites for hydroxylation is 3. The molecule has 0 spiro atoms. The Morgan fingerprint density at radius 3 is 2.27 bits per heavy atom. The molecular weight excluding hydrogens is 394 g/mol. The average molecular weight is 416 g/mol. The van der Waals surface area contributed by atoms with Gasteiger partial charge in [-0.25, -0.2) is 4.68 Å². The van der Waals surface area contributed by atoms with Crippen molar-refractivity contribution in [3.05, 3.63) is 93.9 Å². The van der Waals surface area contributed by atoms with Crippen molar-refractivity contribution in [1.29, 1.82) is 0 Å². The Kier molecular flexibility index (Phi) is 5.42. The van der Waals surface area contributed by atoms with Crippen LogP contribution in [-0.4, -0.2) is 15.7 Å². The third-order valence-electron chi connectivity index (χ3n) is 5.00. The second-order valence-electron chi connectivity index (χ2n) is 7.15. The second kappa shape index (κ2) is 8.16. The van der Waals surface area contributed by atoms with Crippen LogP contribution in [0.5, 0.6) is 0 Å². The molecule has 0 unspecified atom stereocenters. The predicted octanol–water partition coefficient (Wildman–Crippen LogP) is 4.95. The molecule has 0 radical (unpaired) electrons. The molecule has 1 N–H and O–H groups in total. The average Bonchev–Trinajstić information content (AvgIpc) is 2.75. The minimum absolute atomic E-state index is 0.223. The van der Waals surface area contributed by atoms with Crippen molar-refractivity contribution in [2.45, 2.75) is 23.6 Å². The summed E-state index contributed by atoms with van der Waals surface area (Å²) in [7, 11) is 1.55. The van der Waals surface area contributed by atoms with Crippen molar-refractivity contribution in [2.24, 2.45) is 7.05 Å². The van der Waals surface area contributed by atoms with Gasteiger partial charge in [0.25, 0.3) is 11.5 Å². The Morgan fingerprint density at radius 1 is 0.900 bits per heavy atom. The van der Waals surface area contributed by atoms with E-state index in [-0.39, 0.29) is 17.2 Å². The summed E-state index contributed by atoms with van der Waals surface area (Å²) in [5.74, 6) is -0.351. The maximum Gasteiger partial charge on any atom is 0.276 e. The number of rotatable bonds is 4. The van der Waals surface area contributed by atoms with Gasteiger partial charge in [-0.2, -0.15) is 5.10 Å². The van der Waals surface area contributed by atoms with Gasteiger partial charge in [0.2, 0.25) is 0 Å². The first kappa shape index (κ1) is 19.9. The van der Waals surface area contributed by atoms with Crippen LogP contribution in [0.25, 0.3) is 10.8 Å². The molecule has 1 heterocycles. The molecule has 0 aliphatic carbocycles. The van der Waals surface area contributed by atoms with Crippen LogP contribution in [0.1, 0.15) is 21.6 Å². The van der Waals surface area contributed by atoms with Crippen molar-refractivity contribution in [2.75, 3.05) is 5.32 Å². The number of nitrogens with zero attached hydrogens (tertiary/aromatic N) is 2. The molecule has 1 aromatic heterocycles. The number of fused-ring (bicyclic) bond motifs is 1. The van der Waals surface area contributed by atoms with Crippen molar-refractivity contribution in [3.8, 4) is 0 Å². The van der Waals surface area contributed by atoms with E-state index in [9.17, 15) is 9.59 Å². The van der Waals surface area contributed by atoms with E-state index < -0.39 is 0 Å². The zero-order valence-electron chi connectivity index (χ0n) is 17.0. The zero-order valence-corrected chi connectivity index (χ0v) is 17.8. The van der Waals surface area contributed by atoms with Gasteiger partial charge in [-0.15, -0.1) is 0 Å². The monoisotopic (exact) mass is 415 g/mol. The number of carbonyl (C=O) groups is 1. The molecule has 0 fully saturated rings. The number of aromatic nitrogens is 2. The van der Waals surface area contributed by atoms with E-state index in [2.05, 4.69) is 42.5 Å². The molecule has 0 bridgehead atoms. The van der Waals surface area contributed by atoms with Gasteiger partial charge in [0.15, 0.2) is 5.69 Å². The minimum Gasteiger partial charge on any atom is -0.321 e. The first-order valence-electron chi connectivity index (χ1n) is 9.55. The smallest absolute Gasteiger partial charge is 0.276 e. The zero-order chi connectivity index (χ0) is 21.3. The molecule has 150 valence electrons. The van der Waals surface area contributed by atoms with Crippen LogP contribution in [0.15, 0.2) is 81.3 Å². The fourth-order valence-electron chi connectivity index (χ4n) is 3.18. The lowest BCUT2D eigenvalue weighted by Crippen LogP contribution is -2.25. The Labute approximate surface area is 178 Å². The summed E-state index contributed by atoms with van der Waals surface area (Å²) < 4.78 is 1.19. The molecule has 0 aliphatic heterocycles. The van der Waals surface area contributed by atoms with Crippen LogP contribution >= 0.6 is 11.8 Å². The molecule has 0 saturated heterocycles. The Morgan fingerprint density at radius 2 is 1.57 bits per heavy atom. The summed E-state index contributed by atoms with van der Waals surface area (Å²) in [6.45, 7) is 4.21. The van der Waals surface area contributed by atoms with Gasteiger partial charge in [-0.05, 0) is 67.4 Å². The van der Waals surface area contributed by atoms with Crippen molar-refractivity contribution in [1.82, 2.24) is 9.78 Å². The molecule has 0 aliphatic rings. The van der Waals surface area contributed by atoms with Gasteiger partial charge in [0.05, 0.1) is 5.39 Å². The summed E-state index contributed by atoms with van der Waals surface area (Å²) in [5, 5.41) is 8.07. The van der Waals surface area contributed by atoms with Crippen molar-refractivity contribution >= 4 is 34.1 Å². The number of carbonyl (C=O) groups excluding carboxylic acids is 1. The van der Waals surface area contributed by atoms with E-state index >= 15 is 0 Å². The highest BCUT2D eigenvalue weighted by atomic mass is 32.2. The molecule has 0 saturated carbocycles. The number of benzene rings is 3. The van der Waals surface area contributed by atoms with Crippen LogP contribution in [0.4, 0.5) is 5.69 Å². The lowest BCUT2D eigenvalue weighted by molar-refractivity contribution is 0.102. The van der Waals surface area contributed by atoms with Crippen LogP contribution in [0, 0.1) is 13.8 Å². The van der Waals surface area contributed by atoms with E-state index in [4.69, 9.17) is 0 Å². The van der Waals surface area contributed by atoms with E-state index in [1.165, 1.54) is 20.7 Å². The van der Waals surface area contributed by atoms with Crippen LogP contribution in [0.3, 0.4) is 0 Å². The van der Waals surface area contributed by atoms with Gasteiger partial charge in [0, 0.05) is 27.9 Å². The van der Waals surface area contributed by atoms with Crippen molar-refractivity contribution < 1.29 is 4.79 Å². The second-order valence-corrected chi connectivity index (χ2v) is 8.30. The van der Waals surface area contributed by atoms with E-state index in [1.807, 2.05) is 24.3 Å². The van der Waals surface area contributed by atoms with Gasteiger partial charge in [-0.1, -0.05) is 36.0 Å². The highest BCUT2D eigenvalue weighted by Crippen LogP contribution is 2.30. The third kappa shape index (κ3) is 4.00. The van der Waals surface area contributed by atoms with Gasteiger partial charge >= 0.3 is 0 Å². The number of hydrogen-bond donors (Lipinski definition) is 1. The standard InChI is InChI=1S/C24H21N3O2S/c1-15-8-11-19(14-16(15)2)30-18-12-9-17(10-13-18)25-23(28)22-20-6-4-5-7-21(20)24(29)27(3)26-22/h4-14H,1-3H3,(H,25,28). The number of anilines is 1. The van der Waals surface area contributed by atoms with Gasteiger partial charge in [-0.3, -0.25) is 9.59 Å². The van der Waals surface area contributed by atoms with Gasteiger partial charge < -0.3 is 5.32 Å². The summed E-state index contributed by atoms with van der Waals surface area (Å²) in [5.41, 5.74) is 3.21. The fourth-order valence-corrected chi connectivity index (χ4v) is 4.09. The van der Waals surface area contributed by atoms with E-state index in [1.54, 1.807) is 43.1 Å². The Balaban J connectivity index is 1.54. The van der Waals surface area contributed by atoms with Crippen LogP contribution in [-0.2, 0) is 7.05 Å². The largest absolute Gasteiger partial charge is 0.321 e. The molecule has 4 aromatic rings. The lowest BCUT2D eigenvalue weighted by Gasteiger charge is -2.10. The summed E-state index contributed by atoms with van der Waals surface area (Å²) >= 11 is 1.68.